The molecule has 1 amide bonds. The third-order valence-corrected chi connectivity index (χ3v) is 6.96. The van der Waals surface area contributed by atoms with Gasteiger partial charge in [0.15, 0.2) is 9.84 Å². The molecule has 156 valence electrons. The molecule has 0 bridgehead atoms. The summed E-state index contributed by atoms with van der Waals surface area (Å²) in [5, 5.41) is 7.77. The third kappa shape index (κ3) is 3.84. The molecular formula is C17H16F3N3O5S. The van der Waals surface area contributed by atoms with Gasteiger partial charge < -0.3 is 14.6 Å². The summed E-state index contributed by atoms with van der Waals surface area (Å²) in [6.45, 7) is 0.585. The lowest BCUT2D eigenvalue weighted by Gasteiger charge is -2.19. The molecule has 1 aliphatic rings. The van der Waals surface area contributed by atoms with Crippen LogP contribution in [0.15, 0.2) is 41.8 Å². The SMILES string of the molecule is CC(=O)N1C[C@H](S(=O)(=O)c2ccc(-n3ccnc3)cc2C(F)(F)F)C[C@H]1C(=O)O. The molecular weight excluding hydrogens is 415 g/mol. The van der Waals surface area contributed by atoms with E-state index in [0.29, 0.717) is 6.07 Å². The quantitative estimate of drug-likeness (QED) is 0.790. The van der Waals surface area contributed by atoms with Gasteiger partial charge in [-0.25, -0.2) is 18.2 Å². The summed E-state index contributed by atoms with van der Waals surface area (Å²) in [5.74, 6) is -2.08. The molecule has 1 fully saturated rings. The fourth-order valence-electron chi connectivity index (χ4n) is 3.34. The van der Waals surface area contributed by atoms with E-state index in [1.165, 1.54) is 29.4 Å². The molecule has 0 aliphatic carbocycles. The Kier molecular flexibility index (Phi) is 5.15. The van der Waals surface area contributed by atoms with E-state index in [0.717, 1.165) is 17.9 Å². The molecule has 0 spiro atoms. The largest absolute Gasteiger partial charge is 0.480 e. The molecule has 12 heteroatoms. The van der Waals surface area contributed by atoms with E-state index in [-0.39, 0.29) is 5.69 Å². The van der Waals surface area contributed by atoms with Crippen LogP contribution in [0.3, 0.4) is 0 Å². The summed E-state index contributed by atoms with van der Waals surface area (Å²) < 4.78 is 68.2. The van der Waals surface area contributed by atoms with Crippen LogP contribution in [0.5, 0.6) is 0 Å². The van der Waals surface area contributed by atoms with Crippen molar-refractivity contribution in [2.75, 3.05) is 6.54 Å². The van der Waals surface area contributed by atoms with E-state index >= 15 is 0 Å². The Morgan fingerprint density at radius 1 is 1.28 bits per heavy atom. The minimum atomic E-state index is -4.97. The van der Waals surface area contributed by atoms with Crippen LogP contribution in [-0.4, -0.2) is 57.7 Å². The first kappa shape index (κ1) is 20.8. The van der Waals surface area contributed by atoms with Gasteiger partial charge in [-0.3, -0.25) is 4.79 Å². The highest BCUT2D eigenvalue weighted by Gasteiger charge is 2.47. The number of aromatic nitrogens is 2. The number of carbonyl (C=O) groups is 2. The van der Waals surface area contributed by atoms with Gasteiger partial charge in [-0.05, 0) is 24.6 Å². The molecule has 0 unspecified atom stereocenters. The number of carbonyl (C=O) groups excluding carboxylic acids is 1. The molecule has 8 nitrogen and oxygen atoms in total. The van der Waals surface area contributed by atoms with E-state index in [9.17, 15) is 36.3 Å². The highest BCUT2D eigenvalue weighted by molar-refractivity contribution is 7.92. The Morgan fingerprint density at radius 2 is 1.97 bits per heavy atom. The predicted molar refractivity (Wildman–Crippen MR) is 93.0 cm³/mol. The number of alkyl halides is 3. The van der Waals surface area contributed by atoms with Crippen LogP contribution in [0.1, 0.15) is 18.9 Å². The molecule has 2 atom stereocenters. The highest BCUT2D eigenvalue weighted by Crippen LogP contribution is 2.38. The van der Waals surface area contributed by atoms with Gasteiger partial charge in [-0.1, -0.05) is 0 Å². The van der Waals surface area contributed by atoms with Gasteiger partial charge >= 0.3 is 12.1 Å². The Morgan fingerprint density at radius 3 is 2.45 bits per heavy atom. The zero-order valence-electron chi connectivity index (χ0n) is 15.0. The maximum absolute atomic E-state index is 13.6. The Balaban J connectivity index is 2.07. The zero-order valence-corrected chi connectivity index (χ0v) is 15.8. The van der Waals surface area contributed by atoms with Crippen LogP contribution in [0.2, 0.25) is 0 Å². The summed E-state index contributed by atoms with van der Waals surface area (Å²) in [6.07, 6.45) is -1.42. The van der Waals surface area contributed by atoms with Gasteiger partial charge in [-0.15, -0.1) is 0 Å². The van der Waals surface area contributed by atoms with Gasteiger partial charge in [0, 0.05) is 31.5 Å². The van der Waals surface area contributed by atoms with E-state index in [2.05, 4.69) is 4.98 Å². The Hall–Kier alpha value is -2.89. The topological polar surface area (TPSA) is 110 Å². The summed E-state index contributed by atoms with van der Waals surface area (Å²) >= 11 is 0. The average molecular weight is 431 g/mol. The fraction of sp³-hybridized carbons (Fsp3) is 0.353. The molecule has 29 heavy (non-hydrogen) atoms. The van der Waals surface area contributed by atoms with Gasteiger partial charge in [-0.2, -0.15) is 13.2 Å². The van der Waals surface area contributed by atoms with Crippen molar-refractivity contribution in [1.82, 2.24) is 14.5 Å². The van der Waals surface area contributed by atoms with Crippen molar-refractivity contribution in [2.45, 2.75) is 35.7 Å². The van der Waals surface area contributed by atoms with Crippen LogP contribution in [0.4, 0.5) is 13.2 Å². The molecule has 0 radical (unpaired) electrons. The van der Waals surface area contributed by atoms with Crippen molar-refractivity contribution in [3.05, 3.63) is 42.5 Å². The monoisotopic (exact) mass is 431 g/mol. The zero-order chi connectivity index (χ0) is 21.6. The lowest BCUT2D eigenvalue weighted by molar-refractivity contribution is -0.147. The van der Waals surface area contributed by atoms with Gasteiger partial charge in [0.05, 0.1) is 22.0 Å². The fourth-order valence-corrected chi connectivity index (χ4v) is 5.23. The van der Waals surface area contributed by atoms with Crippen molar-refractivity contribution in [2.24, 2.45) is 0 Å². The second-order valence-corrected chi connectivity index (χ2v) is 8.77. The second kappa shape index (κ2) is 7.17. The third-order valence-electron chi connectivity index (χ3n) is 4.77. The van der Waals surface area contributed by atoms with Gasteiger partial charge in [0.25, 0.3) is 0 Å². The van der Waals surface area contributed by atoms with Gasteiger partial charge in [0.1, 0.15) is 6.04 Å². The molecule has 1 aromatic carbocycles. The number of sulfone groups is 1. The lowest BCUT2D eigenvalue weighted by Crippen LogP contribution is -2.39. The van der Waals surface area contributed by atoms with Crippen molar-refractivity contribution < 1.29 is 36.3 Å². The van der Waals surface area contributed by atoms with Crippen LogP contribution in [-0.2, 0) is 25.6 Å². The number of likely N-dealkylation sites (tertiary alicyclic amines) is 1. The van der Waals surface area contributed by atoms with Crippen molar-refractivity contribution in [1.29, 1.82) is 0 Å². The Labute approximate surface area is 163 Å². The highest BCUT2D eigenvalue weighted by atomic mass is 32.2. The minimum Gasteiger partial charge on any atom is -0.480 e. The van der Waals surface area contributed by atoms with Gasteiger partial charge in [0.2, 0.25) is 5.91 Å². The molecule has 1 N–H and O–H groups in total. The molecule has 2 aromatic rings. The number of benzene rings is 1. The van der Waals surface area contributed by atoms with Crippen molar-refractivity contribution in [3.63, 3.8) is 0 Å². The second-order valence-electron chi connectivity index (χ2n) is 6.58. The maximum Gasteiger partial charge on any atom is 0.417 e. The van der Waals surface area contributed by atoms with Crippen LogP contribution in [0.25, 0.3) is 5.69 Å². The molecule has 1 saturated heterocycles. The smallest absolute Gasteiger partial charge is 0.417 e. The first-order valence-electron chi connectivity index (χ1n) is 8.36. The number of hydrogen-bond acceptors (Lipinski definition) is 5. The summed E-state index contributed by atoms with van der Waals surface area (Å²) in [4.78, 5) is 26.6. The number of amides is 1. The number of nitrogens with zero attached hydrogens (tertiary/aromatic N) is 3. The molecule has 1 aromatic heterocycles. The maximum atomic E-state index is 13.6. The number of halogens is 3. The average Bonchev–Trinajstić information content (AvgIpc) is 3.30. The van der Waals surface area contributed by atoms with Crippen molar-refractivity contribution >= 4 is 21.7 Å². The normalized spacial score (nSPS) is 20.1. The van der Waals surface area contributed by atoms with Crippen LogP contribution >= 0.6 is 0 Å². The van der Waals surface area contributed by atoms with E-state index in [1.54, 1.807) is 0 Å². The van der Waals surface area contributed by atoms with Crippen molar-refractivity contribution in [3.8, 4) is 5.69 Å². The Bertz CT molecular complexity index is 1030. The summed E-state index contributed by atoms with van der Waals surface area (Å²) in [5.41, 5.74) is -1.30. The number of carboxylic acid groups (broad SMARTS) is 1. The molecule has 2 heterocycles. The van der Waals surface area contributed by atoms with E-state index in [1.807, 2.05) is 0 Å². The number of rotatable bonds is 4. The van der Waals surface area contributed by atoms with E-state index < -0.39 is 62.6 Å². The first-order chi connectivity index (χ1) is 13.4. The number of imidazole rings is 1. The predicted octanol–water partition coefficient (Wildman–Crippen LogP) is 1.74. The standard InChI is InChI=1S/C17H16F3N3O5S/c1-10(24)23-8-12(7-14(23)16(25)26)29(27,28)15-3-2-11(22-5-4-21-9-22)6-13(15)17(18,19)20/h2-6,9,12,14H,7-8H2,1H3,(H,25,26)/t12-,14+/m1/s1. The summed E-state index contributed by atoms with van der Waals surface area (Å²) in [7, 11) is -4.57. The lowest BCUT2D eigenvalue weighted by atomic mass is 10.2. The first-order valence-corrected chi connectivity index (χ1v) is 9.91. The molecule has 3 rings (SSSR count). The number of hydrogen-bond donors (Lipinski definition) is 1. The number of aliphatic carboxylic acids is 1. The molecule has 1 aliphatic heterocycles. The number of carboxylic acids is 1. The minimum absolute atomic E-state index is 0.0639. The summed E-state index contributed by atoms with van der Waals surface area (Å²) in [6, 6.07) is 1.34. The van der Waals surface area contributed by atoms with Crippen LogP contribution in [0, 0.1) is 0 Å². The van der Waals surface area contributed by atoms with E-state index in [4.69, 9.17) is 0 Å². The molecule has 0 saturated carbocycles. The van der Waals surface area contributed by atoms with Crippen LogP contribution < -0.4 is 0 Å².